The van der Waals surface area contributed by atoms with Gasteiger partial charge in [-0.15, -0.1) is 0 Å². The van der Waals surface area contributed by atoms with E-state index in [1.54, 1.807) is 12.4 Å². The number of carbonyl (C=O) groups is 1. The Kier molecular flexibility index (Phi) is 3.14. The molecular weight excluding hydrogens is 250 g/mol. The number of amides is 1. The minimum Gasteiger partial charge on any atom is -0.398 e. The Balaban J connectivity index is 2.03. The zero-order chi connectivity index (χ0) is 14.1. The quantitative estimate of drug-likeness (QED) is 0.808. The van der Waals surface area contributed by atoms with Crippen LogP contribution in [-0.2, 0) is 6.42 Å². The minimum absolute atomic E-state index is 0.00199. The average molecular weight is 267 g/mol. The van der Waals surface area contributed by atoms with Gasteiger partial charge < -0.3 is 10.6 Å². The second-order valence-corrected chi connectivity index (χ2v) is 5.10. The molecule has 1 aliphatic heterocycles. The van der Waals surface area contributed by atoms with Gasteiger partial charge in [-0.2, -0.15) is 0 Å². The number of pyridine rings is 1. The Morgan fingerprint density at radius 1 is 1.35 bits per heavy atom. The largest absolute Gasteiger partial charge is 0.398 e. The average Bonchev–Trinajstić information content (AvgIpc) is 2.47. The molecule has 1 aromatic carbocycles. The van der Waals surface area contributed by atoms with Crippen molar-refractivity contribution in [3.05, 3.63) is 53.3 Å². The number of rotatable bonds is 1. The molecule has 1 amide bonds. The third-order valence-electron chi connectivity index (χ3n) is 3.80. The number of nitrogens with zero attached hydrogens (tertiary/aromatic N) is 2. The van der Waals surface area contributed by atoms with Gasteiger partial charge in [0.05, 0.1) is 5.56 Å². The molecule has 0 radical (unpaired) electrons. The van der Waals surface area contributed by atoms with Crippen LogP contribution in [0.2, 0.25) is 0 Å². The minimum atomic E-state index is 0.00199. The second kappa shape index (κ2) is 4.96. The summed E-state index contributed by atoms with van der Waals surface area (Å²) in [7, 11) is 0. The summed E-state index contributed by atoms with van der Waals surface area (Å²) in [5, 5.41) is 0. The monoisotopic (exact) mass is 267 g/mol. The van der Waals surface area contributed by atoms with E-state index in [0.29, 0.717) is 5.56 Å². The topological polar surface area (TPSA) is 59.2 Å². The molecule has 0 bridgehead atoms. The SMILES string of the molecule is Cc1ccncc1C(=O)N1CCCc2c(N)cccc21. The van der Waals surface area contributed by atoms with Crippen molar-refractivity contribution in [2.75, 3.05) is 17.2 Å². The maximum absolute atomic E-state index is 12.7. The summed E-state index contributed by atoms with van der Waals surface area (Å²) in [6.45, 7) is 2.66. The third-order valence-corrected chi connectivity index (χ3v) is 3.80. The van der Waals surface area contributed by atoms with Crippen LogP contribution >= 0.6 is 0 Å². The van der Waals surface area contributed by atoms with E-state index in [1.807, 2.05) is 36.1 Å². The predicted octanol–water partition coefficient (Wildman–Crippen LogP) is 2.57. The van der Waals surface area contributed by atoms with Crippen molar-refractivity contribution in [2.45, 2.75) is 19.8 Å². The van der Waals surface area contributed by atoms with Crippen molar-refractivity contribution in [2.24, 2.45) is 0 Å². The molecular formula is C16H17N3O. The number of anilines is 2. The predicted molar refractivity (Wildman–Crippen MR) is 79.8 cm³/mol. The molecule has 4 nitrogen and oxygen atoms in total. The molecule has 4 heteroatoms. The number of hydrogen-bond donors (Lipinski definition) is 1. The molecule has 0 saturated carbocycles. The molecule has 2 heterocycles. The fraction of sp³-hybridized carbons (Fsp3) is 0.250. The number of carbonyl (C=O) groups excluding carboxylic acids is 1. The van der Waals surface area contributed by atoms with Crippen LogP contribution in [0.5, 0.6) is 0 Å². The lowest BCUT2D eigenvalue weighted by atomic mass is 9.98. The fourth-order valence-electron chi connectivity index (χ4n) is 2.70. The summed E-state index contributed by atoms with van der Waals surface area (Å²) < 4.78 is 0. The molecule has 0 aliphatic carbocycles. The first-order valence-corrected chi connectivity index (χ1v) is 6.78. The molecule has 2 N–H and O–H groups in total. The number of fused-ring (bicyclic) bond motifs is 1. The summed E-state index contributed by atoms with van der Waals surface area (Å²) in [6.07, 6.45) is 5.20. The van der Waals surface area contributed by atoms with E-state index in [9.17, 15) is 4.79 Å². The Morgan fingerprint density at radius 3 is 3.00 bits per heavy atom. The van der Waals surface area contributed by atoms with Crippen molar-refractivity contribution in [3.8, 4) is 0 Å². The lowest BCUT2D eigenvalue weighted by Crippen LogP contribution is -2.36. The molecule has 1 aromatic heterocycles. The highest BCUT2D eigenvalue weighted by molar-refractivity contribution is 6.07. The van der Waals surface area contributed by atoms with Gasteiger partial charge in [0.15, 0.2) is 0 Å². The van der Waals surface area contributed by atoms with Crippen LogP contribution in [0, 0.1) is 6.92 Å². The van der Waals surface area contributed by atoms with Crippen LogP contribution in [0.1, 0.15) is 27.9 Å². The van der Waals surface area contributed by atoms with Crippen LogP contribution in [-0.4, -0.2) is 17.4 Å². The Bertz CT molecular complexity index is 667. The molecule has 0 spiro atoms. The fourth-order valence-corrected chi connectivity index (χ4v) is 2.70. The first kappa shape index (κ1) is 12.7. The highest BCUT2D eigenvalue weighted by Crippen LogP contribution is 2.32. The van der Waals surface area contributed by atoms with E-state index in [0.717, 1.165) is 41.9 Å². The Labute approximate surface area is 118 Å². The lowest BCUT2D eigenvalue weighted by molar-refractivity contribution is 0.0984. The summed E-state index contributed by atoms with van der Waals surface area (Å²) >= 11 is 0. The van der Waals surface area contributed by atoms with Gasteiger partial charge in [-0.05, 0) is 49.1 Å². The molecule has 0 saturated heterocycles. The van der Waals surface area contributed by atoms with Gasteiger partial charge in [0.25, 0.3) is 5.91 Å². The van der Waals surface area contributed by atoms with E-state index in [1.165, 1.54) is 0 Å². The number of aryl methyl sites for hydroxylation is 1. The normalized spacial score (nSPS) is 13.9. The van der Waals surface area contributed by atoms with E-state index in [2.05, 4.69) is 4.98 Å². The van der Waals surface area contributed by atoms with Gasteiger partial charge in [0.1, 0.15) is 0 Å². The van der Waals surface area contributed by atoms with Crippen LogP contribution in [0.15, 0.2) is 36.7 Å². The number of benzene rings is 1. The first-order chi connectivity index (χ1) is 9.68. The van der Waals surface area contributed by atoms with Crippen molar-refractivity contribution in [3.63, 3.8) is 0 Å². The first-order valence-electron chi connectivity index (χ1n) is 6.78. The van der Waals surface area contributed by atoms with Crippen LogP contribution < -0.4 is 10.6 Å². The second-order valence-electron chi connectivity index (χ2n) is 5.10. The highest BCUT2D eigenvalue weighted by atomic mass is 16.2. The molecule has 0 unspecified atom stereocenters. The number of nitrogens with two attached hydrogens (primary N) is 1. The van der Waals surface area contributed by atoms with Gasteiger partial charge in [0, 0.05) is 30.3 Å². The molecule has 0 fully saturated rings. The van der Waals surface area contributed by atoms with Gasteiger partial charge in [-0.25, -0.2) is 0 Å². The molecule has 1 aliphatic rings. The summed E-state index contributed by atoms with van der Waals surface area (Å²) in [5.41, 5.74) is 10.4. The third kappa shape index (κ3) is 2.03. The van der Waals surface area contributed by atoms with E-state index in [4.69, 9.17) is 5.73 Å². The summed E-state index contributed by atoms with van der Waals surface area (Å²) in [5.74, 6) is 0.00199. The van der Waals surface area contributed by atoms with Gasteiger partial charge in [-0.3, -0.25) is 9.78 Å². The van der Waals surface area contributed by atoms with Crippen molar-refractivity contribution < 1.29 is 4.79 Å². The molecule has 2 aromatic rings. The molecule has 102 valence electrons. The van der Waals surface area contributed by atoms with Crippen molar-refractivity contribution >= 4 is 17.3 Å². The van der Waals surface area contributed by atoms with E-state index in [-0.39, 0.29) is 5.91 Å². The summed E-state index contributed by atoms with van der Waals surface area (Å²) in [4.78, 5) is 18.6. The maximum atomic E-state index is 12.7. The van der Waals surface area contributed by atoms with Crippen LogP contribution in [0.25, 0.3) is 0 Å². The number of nitrogen functional groups attached to an aromatic ring is 1. The molecule has 3 rings (SSSR count). The molecule has 20 heavy (non-hydrogen) atoms. The lowest BCUT2D eigenvalue weighted by Gasteiger charge is -2.30. The van der Waals surface area contributed by atoms with Gasteiger partial charge in [0.2, 0.25) is 0 Å². The standard InChI is InChI=1S/C16H17N3O/c1-11-7-8-18-10-13(11)16(20)19-9-3-4-12-14(17)5-2-6-15(12)19/h2,5-8,10H,3-4,9,17H2,1H3. The zero-order valence-electron chi connectivity index (χ0n) is 11.5. The number of hydrogen-bond acceptors (Lipinski definition) is 3. The highest BCUT2D eigenvalue weighted by Gasteiger charge is 2.25. The van der Waals surface area contributed by atoms with E-state index < -0.39 is 0 Å². The van der Waals surface area contributed by atoms with Crippen LogP contribution in [0.4, 0.5) is 11.4 Å². The Morgan fingerprint density at radius 2 is 2.20 bits per heavy atom. The maximum Gasteiger partial charge on any atom is 0.260 e. The smallest absolute Gasteiger partial charge is 0.260 e. The van der Waals surface area contributed by atoms with Crippen molar-refractivity contribution in [1.29, 1.82) is 0 Å². The summed E-state index contributed by atoms with van der Waals surface area (Å²) in [6, 6.07) is 7.61. The van der Waals surface area contributed by atoms with Crippen LogP contribution in [0.3, 0.4) is 0 Å². The van der Waals surface area contributed by atoms with Gasteiger partial charge in [-0.1, -0.05) is 6.07 Å². The Hall–Kier alpha value is -2.36. The van der Waals surface area contributed by atoms with Crippen molar-refractivity contribution in [1.82, 2.24) is 4.98 Å². The van der Waals surface area contributed by atoms with E-state index >= 15 is 0 Å². The zero-order valence-corrected chi connectivity index (χ0v) is 11.5. The van der Waals surface area contributed by atoms with Gasteiger partial charge >= 0.3 is 0 Å². The molecule has 0 atom stereocenters. The number of aromatic nitrogens is 1.